The molecule has 7 heteroatoms. The van der Waals surface area contributed by atoms with E-state index in [1.165, 1.54) is 12.1 Å². The van der Waals surface area contributed by atoms with Gasteiger partial charge in [0.2, 0.25) is 0 Å². The van der Waals surface area contributed by atoms with E-state index in [1.54, 1.807) is 36.4 Å². The van der Waals surface area contributed by atoms with Gasteiger partial charge in [-0.2, -0.15) is 0 Å². The van der Waals surface area contributed by atoms with E-state index in [0.29, 0.717) is 29.5 Å². The Morgan fingerprint density at radius 2 is 1.89 bits per heavy atom. The Bertz CT molecular complexity index is 906. The van der Waals surface area contributed by atoms with Gasteiger partial charge in [-0.25, -0.2) is 8.42 Å². The second-order valence-corrected chi connectivity index (χ2v) is 8.37. The monoisotopic (exact) mass is 388 g/mol. The highest BCUT2D eigenvalue weighted by Gasteiger charge is 2.29. The van der Waals surface area contributed by atoms with Crippen LogP contribution < -0.4 is 14.8 Å². The molecular formula is C20H24N2O4S. The Balaban J connectivity index is 1.71. The zero-order valence-electron chi connectivity index (χ0n) is 15.4. The predicted molar refractivity (Wildman–Crippen MR) is 105 cm³/mol. The zero-order valence-corrected chi connectivity index (χ0v) is 16.3. The molecule has 0 radical (unpaired) electrons. The number of rotatable bonds is 8. The summed E-state index contributed by atoms with van der Waals surface area (Å²) in [4.78, 5) is 12.5. The van der Waals surface area contributed by atoms with Crippen LogP contribution in [-0.4, -0.2) is 27.0 Å². The summed E-state index contributed by atoms with van der Waals surface area (Å²) in [6.07, 6.45) is 2.28. The molecule has 0 aliphatic heterocycles. The first-order valence-corrected chi connectivity index (χ1v) is 10.5. The first-order chi connectivity index (χ1) is 12.9. The number of benzene rings is 2. The smallest absolute Gasteiger partial charge is 0.261 e. The van der Waals surface area contributed by atoms with Crippen LogP contribution in [0.25, 0.3) is 0 Å². The van der Waals surface area contributed by atoms with Crippen LogP contribution in [0.4, 0.5) is 5.69 Å². The SMILES string of the molecule is CCOc1ccc(S(=O)(=O)Nc2cccc(C(=O)NC(C)C3CC3)c2)cc1. The van der Waals surface area contributed by atoms with Gasteiger partial charge in [0.05, 0.1) is 11.5 Å². The van der Waals surface area contributed by atoms with Crippen molar-refractivity contribution in [2.75, 3.05) is 11.3 Å². The highest BCUT2D eigenvalue weighted by atomic mass is 32.2. The van der Waals surface area contributed by atoms with E-state index in [4.69, 9.17) is 4.74 Å². The van der Waals surface area contributed by atoms with Gasteiger partial charge in [-0.05, 0) is 75.1 Å². The third-order valence-electron chi connectivity index (χ3n) is 4.51. The van der Waals surface area contributed by atoms with Crippen molar-refractivity contribution in [2.24, 2.45) is 5.92 Å². The molecule has 27 heavy (non-hydrogen) atoms. The third kappa shape index (κ3) is 5.01. The molecule has 1 aliphatic carbocycles. The van der Waals surface area contributed by atoms with E-state index >= 15 is 0 Å². The first-order valence-electron chi connectivity index (χ1n) is 9.05. The Kier molecular flexibility index (Phi) is 5.70. The minimum atomic E-state index is -3.75. The van der Waals surface area contributed by atoms with Gasteiger partial charge in [0.25, 0.3) is 15.9 Å². The molecule has 1 saturated carbocycles. The largest absolute Gasteiger partial charge is 0.494 e. The van der Waals surface area contributed by atoms with Crippen LogP contribution in [0.5, 0.6) is 5.75 Å². The van der Waals surface area contributed by atoms with E-state index < -0.39 is 10.0 Å². The first kappa shape index (κ1) is 19.2. The Labute approximate surface area is 160 Å². The van der Waals surface area contributed by atoms with Gasteiger partial charge in [-0.1, -0.05) is 6.07 Å². The van der Waals surface area contributed by atoms with Gasteiger partial charge < -0.3 is 10.1 Å². The number of anilines is 1. The number of ether oxygens (including phenoxy) is 1. The topological polar surface area (TPSA) is 84.5 Å². The molecule has 1 aliphatic rings. The number of hydrogen-bond acceptors (Lipinski definition) is 4. The van der Waals surface area contributed by atoms with Crippen molar-refractivity contribution in [2.45, 2.75) is 37.6 Å². The van der Waals surface area contributed by atoms with Gasteiger partial charge in [-0.3, -0.25) is 9.52 Å². The lowest BCUT2D eigenvalue weighted by molar-refractivity contribution is 0.0936. The number of hydrogen-bond donors (Lipinski definition) is 2. The fourth-order valence-electron chi connectivity index (χ4n) is 2.82. The number of amides is 1. The summed E-state index contributed by atoms with van der Waals surface area (Å²) < 4.78 is 33.0. The molecule has 0 spiro atoms. The van der Waals surface area contributed by atoms with Crippen molar-refractivity contribution in [3.05, 3.63) is 54.1 Å². The molecule has 1 unspecified atom stereocenters. The molecule has 0 bridgehead atoms. The third-order valence-corrected chi connectivity index (χ3v) is 5.91. The van der Waals surface area contributed by atoms with Crippen LogP contribution in [-0.2, 0) is 10.0 Å². The minimum Gasteiger partial charge on any atom is -0.494 e. The summed E-state index contributed by atoms with van der Waals surface area (Å²) in [5.41, 5.74) is 0.769. The van der Waals surface area contributed by atoms with Gasteiger partial charge >= 0.3 is 0 Å². The van der Waals surface area contributed by atoms with E-state index in [9.17, 15) is 13.2 Å². The molecule has 2 aromatic carbocycles. The van der Waals surface area contributed by atoms with Crippen molar-refractivity contribution in [3.8, 4) is 5.75 Å². The van der Waals surface area contributed by atoms with Crippen molar-refractivity contribution >= 4 is 21.6 Å². The van der Waals surface area contributed by atoms with Crippen molar-refractivity contribution < 1.29 is 17.9 Å². The molecule has 1 fully saturated rings. The van der Waals surface area contributed by atoms with Crippen LogP contribution in [0, 0.1) is 5.92 Å². The average molecular weight is 388 g/mol. The van der Waals surface area contributed by atoms with Gasteiger partial charge in [0, 0.05) is 17.3 Å². The lowest BCUT2D eigenvalue weighted by Gasteiger charge is -2.14. The van der Waals surface area contributed by atoms with Gasteiger partial charge in [0.15, 0.2) is 0 Å². The highest BCUT2D eigenvalue weighted by molar-refractivity contribution is 7.92. The molecule has 0 saturated heterocycles. The summed E-state index contributed by atoms with van der Waals surface area (Å²) in [5, 5.41) is 2.97. The van der Waals surface area contributed by atoms with E-state index in [-0.39, 0.29) is 16.8 Å². The molecule has 2 N–H and O–H groups in total. The lowest BCUT2D eigenvalue weighted by Crippen LogP contribution is -2.34. The van der Waals surface area contributed by atoms with Crippen LogP contribution >= 0.6 is 0 Å². The summed E-state index contributed by atoms with van der Waals surface area (Å²) in [6.45, 7) is 4.37. The van der Waals surface area contributed by atoms with Crippen molar-refractivity contribution in [1.82, 2.24) is 5.32 Å². The molecule has 0 aromatic heterocycles. The van der Waals surface area contributed by atoms with Crippen molar-refractivity contribution in [1.29, 1.82) is 0 Å². The molecule has 1 amide bonds. The molecular weight excluding hydrogens is 364 g/mol. The minimum absolute atomic E-state index is 0.127. The Morgan fingerprint density at radius 3 is 2.52 bits per heavy atom. The van der Waals surface area contributed by atoms with E-state index in [1.807, 2.05) is 13.8 Å². The van der Waals surface area contributed by atoms with Crippen LogP contribution in [0.15, 0.2) is 53.4 Å². The molecule has 6 nitrogen and oxygen atoms in total. The fraction of sp³-hybridized carbons (Fsp3) is 0.350. The summed E-state index contributed by atoms with van der Waals surface area (Å²) in [5.74, 6) is 0.965. The van der Waals surface area contributed by atoms with Gasteiger partial charge in [-0.15, -0.1) is 0 Å². The second kappa shape index (κ2) is 8.00. The number of nitrogens with one attached hydrogen (secondary N) is 2. The molecule has 1 atom stereocenters. The maximum atomic E-state index is 12.6. The molecule has 2 aromatic rings. The van der Waals surface area contributed by atoms with Crippen LogP contribution in [0.1, 0.15) is 37.0 Å². The maximum Gasteiger partial charge on any atom is 0.261 e. The number of sulfonamides is 1. The summed E-state index contributed by atoms with van der Waals surface area (Å²) >= 11 is 0. The molecule has 0 heterocycles. The standard InChI is InChI=1S/C20H24N2O4S/c1-3-26-18-9-11-19(12-10-18)27(24,25)22-17-6-4-5-16(13-17)20(23)21-14(2)15-7-8-15/h4-6,9-15,22H,3,7-8H2,1-2H3,(H,21,23). The zero-order chi connectivity index (χ0) is 19.4. The quantitative estimate of drug-likeness (QED) is 0.726. The fourth-order valence-corrected chi connectivity index (χ4v) is 3.87. The van der Waals surface area contributed by atoms with E-state index in [2.05, 4.69) is 10.0 Å². The molecule has 3 rings (SSSR count). The number of carbonyl (C=O) groups is 1. The van der Waals surface area contributed by atoms with Crippen LogP contribution in [0.2, 0.25) is 0 Å². The lowest BCUT2D eigenvalue weighted by atomic mass is 10.1. The summed E-state index contributed by atoms with van der Waals surface area (Å²) in [7, 11) is -3.75. The number of carbonyl (C=O) groups excluding carboxylic acids is 1. The van der Waals surface area contributed by atoms with Gasteiger partial charge in [0.1, 0.15) is 5.75 Å². The second-order valence-electron chi connectivity index (χ2n) is 6.69. The van der Waals surface area contributed by atoms with Crippen molar-refractivity contribution in [3.63, 3.8) is 0 Å². The average Bonchev–Trinajstić information content (AvgIpc) is 3.47. The van der Waals surface area contributed by atoms with E-state index in [0.717, 1.165) is 12.8 Å². The highest BCUT2D eigenvalue weighted by Crippen LogP contribution is 2.32. The summed E-state index contributed by atoms with van der Waals surface area (Å²) in [6, 6.07) is 12.8. The Morgan fingerprint density at radius 1 is 1.19 bits per heavy atom. The Hall–Kier alpha value is -2.54. The maximum absolute atomic E-state index is 12.6. The normalized spacial score (nSPS) is 15.0. The molecule has 144 valence electrons. The van der Waals surface area contributed by atoms with Crippen LogP contribution in [0.3, 0.4) is 0 Å². The predicted octanol–water partition coefficient (Wildman–Crippen LogP) is 3.41.